The zero-order valence-electron chi connectivity index (χ0n) is 11.1. The molecule has 3 heteroatoms. The van der Waals surface area contributed by atoms with Crippen molar-refractivity contribution in [1.29, 1.82) is 0 Å². The molecule has 17 heavy (non-hydrogen) atoms. The largest absolute Gasteiger partial charge is 0.379 e. The summed E-state index contributed by atoms with van der Waals surface area (Å²) in [6.07, 6.45) is 1.82. The first kappa shape index (κ1) is 14.5. The second-order valence-electron chi connectivity index (χ2n) is 5.06. The van der Waals surface area contributed by atoms with E-state index in [0.29, 0.717) is 0 Å². The first-order valence-electron chi connectivity index (χ1n) is 5.93. The molecule has 0 aliphatic heterocycles. The molecule has 0 saturated heterocycles. The molecule has 1 atom stereocenters. The van der Waals surface area contributed by atoms with Crippen LogP contribution in [0.2, 0.25) is 5.02 Å². The Hall–Kier alpha value is -0.570. The summed E-state index contributed by atoms with van der Waals surface area (Å²) < 4.78 is 5.40. The number of benzene rings is 1. The number of hydrogen-bond acceptors (Lipinski definition) is 2. The SMILES string of the molecule is COC(C)(C)CCC(N)c1cccc(Cl)c1C. The van der Waals surface area contributed by atoms with Crippen LogP contribution in [0.25, 0.3) is 0 Å². The second kappa shape index (κ2) is 5.85. The highest BCUT2D eigenvalue weighted by Gasteiger charge is 2.19. The van der Waals surface area contributed by atoms with Crippen molar-refractivity contribution in [2.45, 2.75) is 45.3 Å². The summed E-state index contributed by atoms with van der Waals surface area (Å²) in [5.74, 6) is 0. The van der Waals surface area contributed by atoms with Crippen molar-refractivity contribution >= 4 is 11.6 Å². The molecule has 0 amide bonds. The third kappa shape index (κ3) is 3.98. The van der Waals surface area contributed by atoms with Crippen molar-refractivity contribution in [3.05, 3.63) is 34.3 Å². The third-order valence-electron chi connectivity index (χ3n) is 3.32. The quantitative estimate of drug-likeness (QED) is 0.867. The number of hydrogen-bond donors (Lipinski definition) is 1. The Balaban J connectivity index is 2.71. The molecule has 0 spiro atoms. The van der Waals surface area contributed by atoms with Crippen molar-refractivity contribution < 1.29 is 4.74 Å². The monoisotopic (exact) mass is 255 g/mol. The van der Waals surface area contributed by atoms with Gasteiger partial charge in [0, 0.05) is 18.2 Å². The van der Waals surface area contributed by atoms with E-state index in [1.165, 1.54) is 0 Å². The highest BCUT2D eigenvalue weighted by atomic mass is 35.5. The number of methoxy groups -OCH3 is 1. The second-order valence-corrected chi connectivity index (χ2v) is 5.47. The first-order chi connectivity index (χ1) is 7.87. The number of halogens is 1. The van der Waals surface area contributed by atoms with E-state index in [1.807, 2.05) is 25.1 Å². The summed E-state index contributed by atoms with van der Waals surface area (Å²) in [6.45, 7) is 6.16. The Kier molecular flexibility index (Phi) is 4.99. The predicted molar refractivity (Wildman–Crippen MR) is 73.4 cm³/mol. The van der Waals surface area contributed by atoms with E-state index in [-0.39, 0.29) is 11.6 Å². The molecule has 1 rings (SSSR count). The molecule has 0 fully saturated rings. The predicted octanol–water partition coefficient (Wildman–Crippen LogP) is 3.85. The van der Waals surface area contributed by atoms with Gasteiger partial charge in [-0.3, -0.25) is 0 Å². The Morgan fingerprint density at radius 3 is 2.65 bits per heavy atom. The van der Waals surface area contributed by atoms with Gasteiger partial charge >= 0.3 is 0 Å². The zero-order valence-corrected chi connectivity index (χ0v) is 11.8. The fourth-order valence-corrected chi connectivity index (χ4v) is 1.97. The van der Waals surface area contributed by atoms with Gasteiger partial charge in [-0.15, -0.1) is 0 Å². The minimum atomic E-state index is -0.121. The van der Waals surface area contributed by atoms with E-state index in [4.69, 9.17) is 22.1 Å². The molecule has 0 heterocycles. The average Bonchev–Trinajstić information content (AvgIpc) is 2.30. The van der Waals surface area contributed by atoms with Gasteiger partial charge in [-0.2, -0.15) is 0 Å². The van der Waals surface area contributed by atoms with E-state index in [0.717, 1.165) is 29.0 Å². The van der Waals surface area contributed by atoms with Gasteiger partial charge in [-0.1, -0.05) is 23.7 Å². The fourth-order valence-electron chi connectivity index (χ4n) is 1.79. The number of rotatable bonds is 5. The lowest BCUT2D eigenvalue weighted by Crippen LogP contribution is -2.25. The molecular weight excluding hydrogens is 234 g/mol. The summed E-state index contributed by atoms with van der Waals surface area (Å²) in [5.41, 5.74) is 8.30. The first-order valence-corrected chi connectivity index (χ1v) is 6.31. The maximum Gasteiger partial charge on any atom is 0.0623 e. The smallest absolute Gasteiger partial charge is 0.0623 e. The van der Waals surface area contributed by atoms with Crippen LogP contribution >= 0.6 is 11.6 Å². The minimum Gasteiger partial charge on any atom is -0.379 e. The lowest BCUT2D eigenvalue weighted by atomic mass is 9.93. The lowest BCUT2D eigenvalue weighted by molar-refractivity contribution is 0.0125. The third-order valence-corrected chi connectivity index (χ3v) is 3.73. The molecule has 0 saturated carbocycles. The summed E-state index contributed by atoms with van der Waals surface area (Å²) in [5, 5.41) is 0.781. The van der Waals surface area contributed by atoms with E-state index in [2.05, 4.69) is 13.8 Å². The highest BCUT2D eigenvalue weighted by molar-refractivity contribution is 6.31. The zero-order chi connectivity index (χ0) is 13.1. The molecule has 1 aromatic rings. The number of nitrogens with two attached hydrogens (primary N) is 1. The molecule has 1 unspecified atom stereocenters. The van der Waals surface area contributed by atoms with Crippen LogP contribution in [-0.2, 0) is 4.74 Å². The van der Waals surface area contributed by atoms with Crippen molar-refractivity contribution in [1.82, 2.24) is 0 Å². The summed E-state index contributed by atoms with van der Waals surface area (Å²) >= 11 is 6.10. The van der Waals surface area contributed by atoms with Crippen LogP contribution in [0, 0.1) is 6.92 Å². The highest BCUT2D eigenvalue weighted by Crippen LogP contribution is 2.27. The van der Waals surface area contributed by atoms with E-state index < -0.39 is 0 Å². The minimum absolute atomic E-state index is 0.0168. The standard InChI is InChI=1S/C14H22ClNO/c1-10-11(6-5-7-12(10)15)13(16)8-9-14(2,3)17-4/h5-7,13H,8-9,16H2,1-4H3. The Morgan fingerprint density at radius 1 is 1.41 bits per heavy atom. The van der Waals surface area contributed by atoms with Crippen molar-refractivity contribution in [2.75, 3.05) is 7.11 Å². The molecule has 96 valence electrons. The lowest BCUT2D eigenvalue weighted by Gasteiger charge is -2.25. The normalized spacial score (nSPS) is 13.8. The van der Waals surface area contributed by atoms with E-state index in [9.17, 15) is 0 Å². The number of ether oxygens (including phenoxy) is 1. The average molecular weight is 256 g/mol. The Morgan fingerprint density at radius 2 is 2.06 bits per heavy atom. The fraction of sp³-hybridized carbons (Fsp3) is 0.571. The van der Waals surface area contributed by atoms with Crippen LogP contribution in [0.4, 0.5) is 0 Å². The molecular formula is C14H22ClNO. The van der Waals surface area contributed by atoms with E-state index in [1.54, 1.807) is 7.11 Å². The van der Waals surface area contributed by atoms with Crippen LogP contribution < -0.4 is 5.73 Å². The summed E-state index contributed by atoms with van der Waals surface area (Å²) in [4.78, 5) is 0. The molecule has 0 aliphatic rings. The van der Waals surface area contributed by atoms with Crippen LogP contribution in [-0.4, -0.2) is 12.7 Å². The topological polar surface area (TPSA) is 35.2 Å². The van der Waals surface area contributed by atoms with Gasteiger partial charge in [-0.25, -0.2) is 0 Å². The van der Waals surface area contributed by atoms with Gasteiger partial charge in [0.05, 0.1) is 5.60 Å². The summed E-state index contributed by atoms with van der Waals surface area (Å²) in [6, 6.07) is 5.91. The van der Waals surface area contributed by atoms with Crippen molar-refractivity contribution in [3.63, 3.8) is 0 Å². The van der Waals surface area contributed by atoms with Crippen molar-refractivity contribution in [2.24, 2.45) is 5.73 Å². The Bertz CT molecular complexity index is 376. The van der Waals surface area contributed by atoms with Crippen molar-refractivity contribution in [3.8, 4) is 0 Å². The summed E-state index contributed by atoms with van der Waals surface area (Å²) in [7, 11) is 1.73. The molecule has 2 nitrogen and oxygen atoms in total. The molecule has 0 aliphatic carbocycles. The van der Waals surface area contributed by atoms with Crippen LogP contribution in [0.5, 0.6) is 0 Å². The Labute approximate surface area is 109 Å². The maximum atomic E-state index is 6.21. The molecule has 0 radical (unpaired) electrons. The van der Waals surface area contributed by atoms with Gasteiger partial charge in [0.2, 0.25) is 0 Å². The van der Waals surface area contributed by atoms with Crippen LogP contribution in [0.3, 0.4) is 0 Å². The molecule has 0 bridgehead atoms. The van der Waals surface area contributed by atoms with Gasteiger partial charge in [0.1, 0.15) is 0 Å². The molecule has 0 aromatic heterocycles. The molecule has 2 N–H and O–H groups in total. The van der Waals surface area contributed by atoms with Gasteiger partial charge < -0.3 is 10.5 Å². The molecule has 1 aromatic carbocycles. The van der Waals surface area contributed by atoms with Gasteiger partial charge in [-0.05, 0) is 50.8 Å². The van der Waals surface area contributed by atoms with Gasteiger partial charge in [0.25, 0.3) is 0 Å². The van der Waals surface area contributed by atoms with Gasteiger partial charge in [0.15, 0.2) is 0 Å². The van der Waals surface area contributed by atoms with Crippen LogP contribution in [0.1, 0.15) is 43.9 Å². The van der Waals surface area contributed by atoms with E-state index >= 15 is 0 Å². The maximum absolute atomic E-state index is 6.21. The van der Waals surface area contributed by atoms with Crippen LogP contribution in [0.15, 0.2) is 18.2 Å².